The second-order valence-electron chi connectivity index (χ2n) is 6.60. The van der Waals surface area contributed by atoms with Crippen molar-refractivity contribution in [2.45, 2.75) is 19.3 Å². The monoisotopic (exact) mass is 334 g/mol. The summed E-state index contributed by atoms with van der Waals surface area (Å²) in [6.45, 7) is 3.75. The fraction of sp³-hybridized carbons (Fsp3) is 0.611. The van der Waals surface area contributed by atoms with Gasteiger partial charge in [0.15, 0.2) is 11.5 Å². The van der Waals surface area contributed by atoms with Crippen LogP contribution in [0.1, 0.15) is 29.6 Å². The number of hydrogen-bond donors (Lipinski definition) is 1. The lowest BCUT2D eigenvalue weighted by Crippen LogP contribution is -2.44. The van der Waals surface area contributed by atoms with Gasteiger partial charge in [0.05, 0.1) is 26.9 Å². The number of piperidine rings is 1. The van der Waals surface area contributed by atoms with Gasteiger partial charge in [-0.25, -0.2) is 0 Å². The van der Waals surface area contributed by atoms with Gasteiger partial charge in [0, 0.05) is 19.6 Å². The summed E-state index contributed by atoms with van der Waals surface area (Å²) in [5.74, 6) is 1.44. The molecule has 1 aromatic rings. The van der Waals surface area contributed by atoms with E-state index in [4.69, 9.17) is 14.2 Å². The van der Waals surface area contributed by atoms with Crippen LogP contribution in [-0.4, -0.2) is 58.3 Å². The quantitative estimate of drug-likeness (QED) is 0.912. The van der Waals surface area contributed by atoms with Gasteiger partial charge in [0.25, 0.3) is 5.91 Å². The first-order valence-electron chi connectivity index (χ1n) is 8.43. The number of benzene rings is 1. The summed E-state index contributed by atoms with van der Waals surface area (Å²) in [7, 11) is 4.66. The zero-order chi connectivity index (χ0) is 17.2. The molecule has 6 heteroatoms. The minimum Gasteiger partial charge on any atom is -0.493 e. The van der Waals surface area contributed by atoms with E-state index in [0.29, 0.717) is 28.2 Å². The van der Waals surface area contributed by atoms with E-state index in [1.807, 2.05) is 4.90 Å². The molecule has 132 valence electrons. The lowest BCUT2D eigenvalue weighted by molar-refractivity contribution is 0.0604. The molecule has 0 radical (unpaired) electrons. The van der Waals surface area contributed by atoms with Gasteiger partial charge in [-0.15, -0.1) is 0 Å². The van der Waals surface area contributed by atoms with Gasteiger partial charge in [-0.1, -0.05) is 0 Å². The lowest BCUT2D eigenvalue weighted by atomic mass is 9.78. The van der Waals surface area contributed by atoms with Crippen LogP contribution in [0, 0.1) is 5.41 Å². The Morgan fingerprint density at radius 3 is 2.29 bits per heavy atom. The fourth-order valence-corrected chi connectivity index (χ4v) is 3.85. The van der Waals surface area contributed by atoms with Crippen LogP contribution in [0.3, 0.4) is 0 Å². The second-order valence-corrected chi connectivity index (χ2v) is 6.60. The van der Waals surface area contributed by atoms with E-state index in [0.717, 1.165) is 39.0 Å². The topological polar surface area (TPSA) is 60.0 Å². The van der Waals surface area contributed by atoms with E-state index < -0.39 is 0 Å². The summed E-state index contributed by atoms with van der Waals surface area (Å²) < 4.78 is 16.1. The van der Waals surface area contributed by atoms with Crippen LogP contribution < -0.4 is 19.5 Å². The van der Waals surface area contributed by atoms with E-state index in [-0.39, 0.29) is 5.91 Å². The summed E-state index contributed by atoms with van der Waals surface area (Å²) in [5.41, 5.74) is 0.911. The molecule has 0 atom stereocenters. The maximum absolute atomic E-state index is 13.0. The van der Waals surface area contributed by atoms with Crippen molar-refractivity contribution in [2.24, 2.45) is 5.41 Å². The number of carbonyl (C=O) groups excluding carboxylic acids is 1. The number of methoxy groups -OCH3 is 3. The third-order valence-electron chi connectivity index (χ3n) is 5.38. The van der Waals surface area contributed by atoms with Crippen LogP contribution in [0.25, 0.3) is 0 Å². The smallest absolute Gasteiger partial charge is 0.257 e. The molecule has 1 spiro atoms. The maximum atomic E-state index is 13.0. The van der Waals surface area contributed by atoms with Crippen LogP contribution in [0.15, 0.2) is 12.1 Å². The zero-order valence-electron chi connectivity index (χ0n) is 14.7. The third-order valence-corrected chi connectivity index (χ3v) is 5.38. The van der Waals surface area contributed by atoms with E-state index in [2.05, 4.69) is 5.32 Å². The number of nitrogens with one attached hydrogen (secondary N) is 1. The molecule has 24 heavy (non-hydrogen) atoms. The maximum Gasteiger partial charge on any atom is 0.257 e. The predicted octanol–water partition coefficient (Wildman–Crippen LogP) is 1.93. The first-order valence-corrected chi connectivity index (χ1v) is 8.43. The molecular formula is C18H26N2O4. The number of rotatable bonds is 4. The summed E-state index contributed by atoms with van der Waals surface area (Å²) in [6.07, 6.45) is 3.33. The van der Waals surface area contributed by atoms with Crippen molar-refractivity contribution in [3.05, 3.63) is 17.7 Å². The Bertz CT molecular complexity index is 601. The number of ether oxygens (including phenoxy) is 3. The van der Waals surface area contributed by atoms with Crippen LogP contribution >= 0.6 is 0 Å². The Balaban J connectivity index is 1.80. The summed E-state index contributed by atoms with van der Waals surface area (Å²) in [5, 5.41) is 3.45. The molecule has 2 heterocycles. The standard InChI is InChI=1S/C18H26N2O4/c1-22-14-5-4-13(15(23-2)16(14)24-3)17(21)20-10-7-18(8-11-20)6-9-19-12-18/h4-5,19H,6-12H2,1-3H3. The number of carbonyl (C=O) groups is 1. The number of likely N-dealkylation sites (tertiary alicyclic amines) is 1. The van der Waals surface area contributed by atoms with Gasteiger partial charge in [-0.05, 0) is 43.4 Å². The van der Waals surface area contributed by atoms with E-state index in [9.17, 15) is 4.79 Å². The Morgan fingerprint density at radius 1 is 1.04 bits per heavy atom. The lowest BCUT2D eigenvalue weighted by Gasteiger charge is -2.39. The molecule has 2 fully saturated rings. The fourth-order valence-electron chi connectivity index (χ4n) is 3.85. The first-order chi connectivity index (χ1) is 11.6. The molecule has 3 rings (SSSR count). The second kappa shape index (κ2) is 6.89. The molecule has 6 nitrogen and oxygen atoms in total. The number of hydrogen-bond acceptors (Lipinski definition) is 5. The minimum atomic E-state index is -0.00592. The third kappa shape index (κ3) is 2.90. The highest BCUT2D eigenvalue weighted by atomic mass is 16.5. The molecule has 1 N–H and O–H groups in total. The molecular weight excluding hydrogens is 308 g/mol. The zero-order valence-corrected chi connectivity index (χ0v) is 14.7. The molecule has 0 unspecified atom stereocenters. The van der Waals surface area contributed by atoms with Crippen molar-refractivity contribution < 1.29 is 19.0 Å². The molecule has 0 aliphatic carbocycles. The van der Waals surface area contributed by atoms with Crippen LogP contribution in [-0.2, 0) is 0 Å². The van der Waals surface area contributed by atoms with Gasteiger partial charge in [-0.3, -0.25) is 4.79 Å². The Morgan fingerprint density at radius 2 is 1.75 bits per heavy atom. The minimum absolute atomic E-state index is 0.00592. The van der Waals surface area contributed by atoms with Crippen molar-refractivity contribution in [3.63, 3.8) is 0 Å². The Kier molecular flexibility index (Phi) is 4.85. The van der Waals surface area contributed by atoms with Crippen LogP contribution in [0.5, 0.6) is 17.2 Å². The molecule has 0 aromatic heterocycles. The average Bonchev–Trinajstić information content (AvgIpc) is 3.08. The molecule has 2 saturated heterocycles. The summed E-state index contributed by atoms with van der Waals surface area (Å²) >= 11 is 0. The highest BCUT2D eigenvalue weighted by Crippen LogP contribution is 2.41. The van der Waals surface area contributed by atoms with Crippen molar-refractivity contribution in [3.8, 4) is 17.2 Å². The summed E-state index contributed by atoms with van der Waals surface area (Å²) in [4.78, 5) is 14.9. The van der Waals surface area contributed by atoms with Crippen LogP contribution in [0.2, 0.25) is 0 Å². The summed E-state index contributed by atoms with van der Waals surface area (Å²) in [6, 6.07) is 3.50. The van der Waals surface area contributed by atoms with Gasteiger partial charge in [0.1, 0.15) is 0 Å². The molecule has 0 bridgehead atoms. The van der Waals surface area contributed by atoms with Gasteiger partial charge >= 0.3 is 0 Å². The number of amides is 1. The molecule has 1 aromatic carbocycles. The largest absolute Gasteiger partial charge is 0.493 e. The predicted molar refractivity (Wildman–Crippen MR) is 91.2 cm³/mol. The molecule has 0 saturated carbocycles. The van der Waals surface area contributed by atoms with Crippen molar-refractivity contribution in [1.29, 1.82) is 0 Å². The van der Waals surface area contributed by atoms with Crippen LogP contribution in [0.4, 0.5) is 0 Å². The normalized spacial score (nSPS) is 19.4. The van der Waals surface area contributed by atoms with E-state index in [1.54, 1.807) is 33.5 Å². The molecule has 2 aliphatic heterocycles. The van der Waals surface area contributed by atoms with Crippen molar-refractivity contribution >= 4 is 5.91 Å². The highest BCUT2D eigenvalue weighted by molar-refractivity contribution is 5.98. The van der Waals surface area contributed by atoms with E-state index >= 15 is 0 Å². The van der Waals surface area contributed by atoms with E-state index in [1.165, 1.54) is 6.42 Å². The van der Waals surface area contributed by atoms with Gasteiger partial charge < -0.3 is 24.4 Å². The Labute approximate surface area is 143 Å². The average molecular weight is 334 g/mol. The highest BCUT2D eigenvalue weighted by Gasteiger charge is 2.38. The van der Waals surface area contributed by atoms with Gasteiger partial charge in [-0.2, -0.15) is 0 Å². The molecule has 2 aliphatic rings. The SMILES string of the molecule is COc1ccc(C(=O)N2CCC3(CCNC3)CC2)c(OC)c1OC. The van der Waals surface area contributed by atoms with Crippen molar-refractivity contribution in [1.82, 2.24) is 10.2 Å². The van der Waals surface area contributed by atoms with Gasteiger partial charge in [0.2, 0.25) is 5.75 Å². The van der Waals surface area contributed by atoms with Crippen molar-refractivity contribution in [2.75, 3.05) is 47.5 Å². The first kappa shape index (κ1) is 16.9. The Hall–Kier alpha value is -1.95. The number of nitrogens with zero attached hydrogens (tertiary/aromatic N) is 1. The molecule has 1 amide bonds.